The molecule has 0 spiro atoms. The number of hydrogen-bond donors (Lipinski definition) is 0. The first-order chi connectivity index (χ1) is 11.3. The summed E-state index contributed by atoms with van der Waals surface area (Å²) in [6.45, 7) is 0. The van der Waals surface area contributed by atoms with E-state index in [4.69, 9.17) is 9.47 Å². The Balaban J connectivity index is 3.06. The van der Waals surface area contributed by atoms with E-state index < -0.39 is 11.9 Å². The summed E-state index contributed by atoms with van der Waals surface area (Å²) in [5.41, 5.74) is 2.46. The quantitative estimate of drug-likeness (QED) is 0.803. The van der Waals surface area contributed by atoms with E-state index in [1.807, 2.05) is 50.1 Å². The molecule has 0 aromatic heterocycles. The average molecular weight is 330 g/mol. The maximum Gasteiger partial charge on any atom is 0.338 e. The summed E-state index contributed by atoms with van der Waals surface area (Å²) in [5.74, 6) is -0.988. The van der Waals surface area contributed by atoms with Crippen molar-refractivity contribution in [1.82, 2.24) is 0 Å². The number of rotatable bonds is 4. The highest BCUT2D eigenvalue weighted by Gasteiger charge is 2.23. The molecule has 0 amide bonds. The lowest BCUT2D eigenvalue weighted by molar-refractivity contribution is 0.0601. The van der Waals surface area contributed by atoms with Gasteiger partial charge in [-0.25, -0.2) is 9.59 Å². The SMILES string of the molecule is COC(=O)c1ccc(N(C)C)c2c(N(C)C)ccc(C(=O)OC)c12. The van der Waals surface area contributed by atoms with Crippen LogP contribution in [0.2, 0.25) is 0 Å². The number of esters is 2. The van der Waals surface area contributed by atoms with Gasteiger partial charge < -0.3 is 19.3 Å². The zero-order valence-electron chi connectivity index (χ0n) is 14.8. The lowest BCUT2D eigenvalue weighted by atomic mass is 9.95. The lowest BCUT2D eigenvalue weighted by Gasteiger charge is -2.24. The monoisotopic (exact) mass is 330 g/mol. The zero-order chi connectivity index (χ0) is 18.0. The van der Waals surface area contributed by atoms with E-state index in [0.717, 1.165) is 16.8 Å². The Labute approximate surface area is 141 Å². The number of anilines is 2. The van der Waals surface area contributed by atoms with Crippen LogP contribution in [0, 0.1) is 0 Å². The Hall–Kier alpha value is -2.76. The summed E-state index contributed by atoms with van der Waals surface area (Å²) in [6.07, 6.45) is 0. The van der Waals surface area contributed by atoms with Crippen LogP contribution in [0.3, 0.4) is 0 Å². The highest BCUT2D eigenvalue weighted by atomic mass is 16.5. The van der Waals surface area contributed by atoms with E-state index in [1.54, 1.807) is 12.1 Å². The van der Waals surface area contributed by atoms with Crippen molar-refractivity contribution < 1.29 is 19.1 Å². The fraction of sp³-hybridized carbons (Fsp3) is 0.333. The summed E-state index contributed by atoms with van der Waals surface area (Å²) in [6, 6.07) is 7.05. The summed E-state index contributed by atoms with van der Waals surface area (Å²) < 4.78 is 9.79. The molecule has 0 saturated heterocycles. The minimum Gasteiger partial charge on any atom is -0.465 e. The highest BCUT2D eigenvalue weighted by Crippen LogP contribution is 2.38. The van der Waals surface area contributed by atoms with Crippen LogP contribution in [0.1, 0.15) is 20.7 Å². The molecular weight excluding hydrogens is 308 g/mol. The fourth-order valence-corrected chi connectivity index (χ4v) is 2.77. The number of fused-ring (bicyclic) bond motifs is 1. The van der Waals surface area contributed by atoms with Gasteiger partial charge in [0.2, 0.25) is 0 Å². The molecule has 0 atom stereocenters. The van der Waals surface area contributed by atoms with E-state index in [1.165, 1.54) is 14.2 Å². The molecule has 0 aliphatic carbocycles. The van der Waals surface area contributed by atoms with Gasteiger partial charge in [-0.15, -0.1) is 0 Å². The molecule has 2 aromatic rings. The van der Waals surface area contributed by atoms with Crippen LogP contribution in [-0.4, -0.2) is 54.3 Å². The molecule has 0 saturated carbocycles. The molecule has 0 bridgehead atoms. The van der Waals surface area contributed by atoms with Crippen molar-refractivity contribution in [3.05, 3.63) is 35.4 Å². The Morgan fingerprint density at radius 1 is 0.708 bits per heavy atom. The molecule has 0 radical (unpaired) electrons. The molecule has 0 unspecified atom stereocenters. The lowest BCUT2D eigenvalue weighted by Crippen LogP contribution is -2.16. The molecule has 6 heteroatoms. The minimum atomic E-state index is -0.494. The normalized spacial score (nSPS) is 10.4. The van der Waals surface area contributed by atoms with Gasteiger partial charge >= 0.3 is 11.9 Å². The van der Waals surface area contributed by atoms with E-state index in [9.17, 15) is 9.59 Å². The fourth-order valence-electron chi connectivity index (χ4n) is 2.77. The first-order valence-corrected chi connectivity index (χ1v) is 7.44. The minimum absolute atomic E-state index is 0.335. The first kappa shape index (κ1) is 17.6. The van der Waals surface area contributed by atoms with Crippen molar-refractivity contribution in [2.24, 2.45) is 0 Å². The van der Waals surface area contributed by atoms with Crippen LogP contribution in [0.25, 0.3) is 10.8 Å². The van der Waals surface area contributed by atoms with Gasteiger partial charge in [-0.3, -0.25) is 0 Å². The molecule has 2 rings (SSSR count). The predicted molar refractivity (Wildman–Crippen MR) is 95.3 cm³/mol. The highest BCUT2D eigenvalue weighted by molar-refractivity contribution is 6.19. The van der Waals surface area contributed by atoms with Gasteiger partial charge in [0, 0.05) is 50.3 Å². The third-order valence-corrected chi connectivity index (χ3v) is 3.89. The van der Waals surface area contributed by atoms with Crippen molar-refractivity contribution in [1.29, 1.82) is 0 Å². The molecule has 24 heavy (non-hydrogen) atoms. The number of benzene rings is 2. The van der Waals surface area contributed by atoms with Gasteiger partial charge in [-0.2, -0.15) is 0 Å². The molecule has 2 aromatic carbocycles. The van der Waals surface area contributed by atoms with Crippen molar-refractivity contribution in [2.45, 2.75) is 0 Å². The number of ether oxygens (including phenoxy) is 2. The van der Waals surface area contributed by atoms with Gasteiger partial charge in [0.15, 0.2) is 0 Å². The van der Waals surface area contributed by atoms with E-state index in [0.29, 0.717) is 16.5 Å². The molecule has 128 valence electrons. The number of carbonyl (C=O) groups excluding carboxylic acids is 2. The molecule has 0 N–H and O–H groups in total. The van der Waals surface area contributed by atoms with Crippen molar-refractivity contribution in [2.75, 3.05) is 52.2 Å². The van der Waals surface area contributed by atoms with E-state index in [2.05, 4.69) is 0 Å². The number of nitrogens with zero attached hydrogens (tertiary/aromatic N) is 2. The van der Waals surface area contributed by atoms with Crippen LogP contribution < -0.4 is 9.80 Å². The van der Waals surface area contributed by atoms with E-state index >= 15 is 0 Å². The molecule has 6 nitrogen and oxygen atoms in total. The van der Waals surface area contributed by atoms with Gasteiger partial charge in [0.05, 0.1) is 25.3 Å². The largest absolute Gasteiger partial charge is 0.465 e. The summed E-state index contributed by atoms with van der Waals surface area (Å²) >= 11 is 0. The summed E-state index contributed by atoms with van der Waals surface area (Å²) in [5, 5.41) is 1.34. The van der Waals surface area contributed by atoms with Crippen LogP contribution in [0.15, 0.2) is 24.3 Å². The maximum absolute atomic E-state index is 12.3. The molecular formula is C18H22N2O4. The second-order valence-corrected chi connectivity index (χ2v) is 5.79. The zero-order valence-corrected chi connectivity index (χ0v) is 14.8. The first-order valence-electron chi connectivity index (χ1n) is 7.44. The molecule has 0 aliphatic heterocycles. The predicted octanol–water partition coefficient (Wildman–Crippen LogP) is 2.55. The smallest absolute Gasteiger partial charge is 0.338 e. The van der Waals surface area contributed by atoms with Crippen LogP contribution >= 0.6 is 0 Å². The number of methoxy groups -OCH3 is 2. The third-order valence-electron chi connectivity index (χ3n) is 3.89. The topological polar surface area (TPSA) is 59.1 Å². The van der Waals surface area contributed by atoms with Gasteiger partial charge in [0.25, 0.3) is 0 Å². The Morgan fingerprint density at radius 3 is 1.38 bits per heavy atom. The second-order valence-electron chi connectivity index (χ2n) is 5.79. The molecule has 0 heterocycles. The van der Waals surface area contributed by atoms with Crippen molar-refractivity contribution in [3.8, 4) is 0 Å². The van der Waals surface area contributed by atoms with Crippen LogP contribution in [0.4, 0.5) is 11.4 Å². The van der Waals surface area contributed by atoms with E-state index in [-0.39, 0.29) is 0 Å². The third kappa shape index (κ3) is 2.87. The standard InChI is InChI=1S/C18H22N2O4/c1-19(2)13-9-7-11(17(21)23-5)15-12(18(22)24-6)8-10-14(16(13)15)20(3)4/h7-10H,1-6H3. The van der Waals surface area contributed by atoms with Crippen molar-refractivity contribution in [3.63, 3.8) is 0 Å². The summed E-state index contributed by atoms with van der Waals surface area (Å²) in [7, 11) is 10.3. The van der Waals surface area contributed by atoms with Gasteiger partial charge in [0.1, 0.15) is 0 Å². The van der Waals surface area contributed by atoms with Crippen molar-refractivity contribution >= 4 is 34.1 Å². The van der Waals surface area contributed by atoms with Crippen LogP contribution in [-0.2, 0) is 9.47 Å². The van der Waals surface area contributed by atoms with Crippen LogP contribution in [0.5, 0.6) is 0 Å². The van der Waals surface area contributed by atoms with Gasteiger partial charge in [-0.1, -0.05) is 0 Å². The summed E-state index contributed by atoms with van der Waals surface area (Å²) in [4.78, 5) is 28.4. The van der Waals surface area contributed by atoms with Gasteiger partial charge in [-0.05, 0) is 24.3 Å². The Bertz CT molecular complexity index is 734. The molecule has 0 aliphatic rings. The Morgan fingerprint density at radius 2 is 1.08 bits per heavy atom. The maximum atomic E-state index is 12.3. The Kier molecular flexibility index (Phi) is 4.97. The number of hydrogen-bond acceptors (Lipinski definition) is 6. The average Bonchev–Trinajstić information content (AvgIpc) is 2.57. The second kappa shape index (κ2) is 6.78. The molecule has 0 fully saturated rings. The number of carbonyl (C=O) groups is 2.